The van der Waals surface area contributed by atoms with Crippen LogP contribution in [0.2, 0.25) is 0 Å². The van der Waals surface area contributed by atoms with Crippen LogP contribution < -0.4 is 10.1 Å². The van der Waals surface area contributed by atoms with Gasteiger partial charge in [-0.15, -0.1) is 10.2 Å². The van der Waals surface area contributed by atoms with Gasteiger partial charge < -0.3 is 10.1 Å². The zero-order chi connectivity index (χ0) is 13.5. The van der Waals surface area contributed by atoms with Gasteiger partial charge in [-0.1, -0.05) is 48.6 Å². The molecule has 102 valence electrons. The molecule has 0 saturated heterocycles. The van der Waals surface area contributed by atoms with Gasteiger partial charge in [0.2, 0.25) is 5.13 Å². The Morgan fingerprint density at radius 3 is 2.95 bits per heavy atom. The maximum absolute atomic E-state index is 5.29. The third-order valence-corrected chi connectivity index (χ3v) is 4.54. The summed E-state index contributed by atoms with van der Waals surface area (Å²) < 4.78 is 6.30. The number of aromatic nitrogens is 2. The van der Waals surface area contributed by atoms with Gasteiger partial charge >= 0.3 is 0 Å². The van der Waals surface area contributed by atoms with Crippen LogP contribution in [0.5, 0.6) is 5.75 Å². The van der Waals surface area contributed by atoms with Crippen LogP contribution in [0, 0.1) is 0 Å². The van der Waals surface area contributed by atoms with Crippen molar-refractivity contribution in [1.82, 2.24) is 10.2 Å². The number of hydrogen-bond donors (Lipinski definition) is 1. The second-order valence-corrected chi connectivity index (χ2v) is 6.22. The molecule has 0 unspecified atom stereocenters. The average Bonchev–Trinajstić information content (AvgIpc) is 2.87. The van der Waals surface area contributed by atoms with E-state index >= 15 is 0 Å². The van der Waals surface area contributed by atoms with Crippen LogP contribution in [0.1, 0.15) is 19.8 Å². The Kier molecular flexibility index (Phi) is 5.47. The zero-order valence-electron chi connectivity index (χ0n) is 11.0. The molecule has 2 aromatic rings. The molecule has 0 saturated carbocycles. The van der Waals surface area contributed by atoms with Crippen molar-refractivity contribution in [2.24, 2.45) is 0 Å². The number of methoxy groups -OCH3 is 1. The maximum atomic E-state index is 5.29. The standard InChI is InChI=1S/C13H17N3OS2/c1-3-4-9-18-13-16-15-12(19-13)14-10-7-5-6-8-11(10)17-2/h5-8H,3-4,9H2,1-2H3,(H,14,15). The van der Waals surface area contributed by atoms with E-state index in [4.69, 9.17) is 4.74 Å². The molecule has 1 aromatic heterocycles. The van der Waals surface area contributed by atoms with E-state index in [1.165, 1.54) is 12.8 Å². The fourth-order valence-electron chi connectivity index (χ4n) is 1.49. The number of unbranched alkanes of at least 4 members (excludes halogenated alkanes) is 1. The number of nitrogens with one attached hydrogen (secondary N) is 1. The highest BCUT2D eigenvalue weighted by Crippen LogP contribution is 2.31. The molecule has 6 heteroatoms. The molecule has 0 radical (unpaired) electrons. The van der Waals surface area contributed by atoms with Crippen molar-refractivity contribution in [3.8, 4) is 5.75 Å². The summed E-state index contributed by atoms with van der Waals surface area (Å²) in [6, 6.07) is 7.78. The third-order valence-electron chi connectivity index (χ3n) is 2.48. The highest BCUT2D eigenvalue weighted by molar-refractivity contribution is 8.01. The van der Waals surface area contributed by atoms with Crippen LogP contribution in [0.15, 0.2) is 28.6 Å². The minimum absolute atomic E-state index is 0.795. The first kappa shape index (κ1) is 14.1. The number of nitrogens with zero attached hydrogens (tertiary/aromatic N) is 2. The second-order valence-electron chi connectivity index (χ2n) is 3.90. The molecule has 4 nitrogen and oxygen atoms in total. The molecule has 0 fully saturated rings. The molecule has 0 aliphatic carbocycles. The van der Waals surface area contributed by atoms with E-state index in [-0.39, 0.29) is 0 Å². The molecular formula is C13H17N3OS2. The molecule has 0 spiro atoms. The van der Waals surface area contributed by atoms with Gasteiger partial charge in [-0.25, -0.2) is 0 Å². The van der Waals surface area contributed by atoms with Crippen molar-refractivity contribution in [1.29, 1.82) is 0 Å². The predicted molar refractivity (Wildman–Crippen MR) is 81.8 cm³/mol. The van der Waals surface area contributed by atoms with Gasteiger partial charge in [-0.2, -0.15) is 0 Å². The number of anilines is 2. The Labute approximate surface area is 121 Å². The Balaban J connectivity index is 1.99. The van der Waals surface area contributed by atoms with Crippen LogP contribution in [-0.4, -0.2) is 23.1 Å². The van der Waals surface area contributed by atoms with E-state index in [1.807, 2.05) is 24.3 Å². The lowest BCUT2D eigenvalue weighted by molar-refractivity contribution is 0.417. The number of benzene rings is 1. The molecule has 0 aliphatic rings. The van der Waals surface area contributed by atoms with Crippen molar-refractivity contribution in [3.05, 3.63) is 24.3 Å². The number of ether oxygens (including phenoxy) is 1. The highest BCUT2D eigenvalue weighted by atomic mass is 32.2. The predicted octanol–water partition coefficient (Wildman–Crippen LogP) is 4.18. The third kappa shape index (κ3) is 4.11. The summed E-state index contributed by atoms with van der Waals surface area (Å²) >= 11 is 3.33. The molecule has 1 N–H and O–H groups in total. The van der Waals surface area contributed by atoms with E-state index < -0.39 is 0 Å². The summed E-state index contributed by atoms with van der Waals surface area (Å²) in [5.41, 5.74) is 0.909. The van der Waals surface area contributed by atoms with Crippen molar-refractivity contribution in [3.63, 3.8) is 0 Å². The first-order valence-electron chi connectivity index (χ1n) is 6.20. The SMILES string of the molecule is CCCCSc1nnc(Nc2ccccc2OC)s1. The van der Waals surface area contributed by atoms with Gasteiger partial charge in [0.15, 0.2) is 4.34 Å². The van der Waals surface area contributed by atoms with E-state index in [0.717, 1.165) is 26.7 Å². The Morgan fingerprint density at radius 1 is 1.32 bits per heavy atom. The minimum Gasteiger partial charge on any atom is -0.495 e. The molecule has 0 aliphatic heterocycles. The quantitative estimate of drug-likeness (QED) is 0.613. The largest absolute Gasteiger partial charge is 0.495 e. The number of para-hydroxylation sites is 2. The lowest BCUT2D eigenvalue weighted by atomic mass is 10.3. The van der Waals surface area contributed by atoms with Gasteiger partial charge in [0.25, 0.3) is 0 Å². The zero-order valence-corrected chi connectivity index (χ0v) is 12.7. The Hall–Kier alpha value is -1.27. The second kappa shape index (κ2) is 7.35. The van der Waals surface area contributed by atoms with E-state index in [2.05, 4.69) is 22.4 Å². The summed E-state index contributed by atoms with van der Waals surface area (Å²) in [6.45, 7) is 2.19. The van der Waals surface area contributed by atoms with Crippen LogP contribution in [-0.2, 0) is 0 Å². The van der Waals surface area contributed by atoms with Gasteiger partial charge in [0.1, 0.15) is 5.75 Å². The summed E-state index contributed by atoms with van der Waals surface area (Å²) in [7, 11) is 1.66. The van der Waals surface area contributed by atoms with Crippen molar-refractivity contribution in [2.75, 3.05) is 18.2 Å². The van der Waals surface area contributed by atoms with Gasteiger partial charge in [-0.3, -0.25) is 0 Å². The van der Waals surface area contributed by atoms with Crippen LogP contribution in [0.4, 0.5) is 10.8 Å². The summed E-state index contributed by atoms with van der Waals surface area (Å²) in [4.78, 5) is 0. The van der Waals surface area contributed by atoms with Gasteiger partial charge in [0.05, 0.1) is 12.8 Å². The van der Waals surface area contributed by atoms with Crippen LogP contribution >= 0.6 is 23.1 Å². The normalized spacial score (nSPS) is 10.4. The summed E-state index contributed by atoms with van der Waals surface area (Å²) in [5, 5.41) is 12.4. The maximum Gasteiger partial charge on any atom is 0.210 e. The van der Waals surface area contributed by atoms with Crippen molar-refractivity contribution in [2.45, 2.75) is 24.1 Å². The minimum atomic E-state index is 0.795. The Bertz CT molecular complexity index is 516. The monoisotopic (exact) mass is 295 g/mol. The van der Waals surface area contributed by atoms with Crippen molar-refractivity contribution < 1.29 is 4.74 Å². The van der Waals surface area contributed by atoms with E-state index in [9.17, 15) is 0 Å². The average molecular weight is 295 g/mol. The molecule has 1 aromatic carbocycles. The fourth-order valence-corrected chi connectivity index (χ4v) is 3.40. The fraction of sp³-hybridized carbons (Fsp3) is 0.385. The number of hydrogen-bond acceptors (Lipinski definition) is 6. The molecule has 1 heterocycles. The van der Waals surface area contributed by atoms with Crippen LogP contribution in [0.25, 0.3) is 0 Å². The molecule has 0 amide bonds. The lowest BCUT2D eigenvalue weighted by Crippen LogP contribution is -1.93. The smallest absolute Gasteiger partial charge is 0.210 e. The first-order valence-corrected chi connectivity index (χ1v) is 8.00. The summed E-state index contributed by atoms with van der Waals surface area (Å²) in [5.74, 6) is 1.90. The highest BCUT2D eigenvalue weighted by Gasteiger charge is 2.07. The van der Waals surface area contributed by atoms with Crippen molar-refractivity contribution >= 4 is 33.9 Å². The summed E-state index contributed by atoms with van der Waals surface area (Å²) in [6.07, 6.45) is 2.41. The van der Waals surface area contributed by atoms with Crippen LogP contribution in [0.3, 0.4) is 0 Å². The number of thioether (sulfide) groups is 1. The molecule has 2 rings (SSSR count). The van der Waals surface area contributed by atoms with Gasteiger partial charge in [0, 0.05) is 5.75 Å². The first-order chi connectivity index (χ1) is 9.33. The Morgan fingerprint density at radius 2 is 2.16 bits per heavy atom. The van der Waals surface area contributed by atoms with E-state index in [1.54, 1.807) is 30.2 Å². The molecule has 19 heavy (non-hydrogen) atoms. The molecular weight excluding hydrogens is 278 g/mol. The topological polar surface area (TPSA) is 47.0 Å². The molecule has 0 atom stereocenters. The molecule has 0 bridgehead atoms. The van der Waals surface area contributed by atoms with E-state index in [0.29, 0.717) is 0 Å². The lowest BCUT2D eigenvalue weighted by Gasteiger charge is -2.07. The number of rotatable bonds is 7. The van der Waals surface area contributed by atoms with Gasteiger partial charge in [-0.05, 0) is 18.6 Å².